The van der Waals surface area contributed by atoms with Crippen LogP contribution in [0.4, 0.5) is 0 Å². The molecular weight excluding hydrogens is 348 g/mol. The Morgan fingerprint density at radius 2 is 1.96 bits per heavy atom. The Kier molecular flexibility index (Phi) is 8.17. The fourth-order valence-electron chi connectivity index (χ4n) is 2.48. The van der Waals surface area contributed by atoms with Crippen LogP contribution in [0.3, 0.4) is 0 Å². The van der Waals surface area contributed by atoms with Crippen LogP contribution in [-0.2, 0) is 19.2 Å². The molecule has 0 saturated carbocycles. The van der Waals surface area contributed by atoms with Crippen LogP contribution in [0.1, 0.15) is 26.7 Å². The molecule has 1 rings (SSSR count). The number of hydrogen-bond acceptors (Lipinski definition) is 6. The maximum Gasteiger partial charge on any atom is 0.327 e. The van der Waals surface area contributed by atoms with Gasteiger partial charge in [-0.2, -0.15) is 12.6 Å². The van der Waals surface area contributed by atoms with Gasteiger partial charge in [-0.1, -0.05) is 13.8 Å². The van der Waals surface area contributed by atoms with Crippen LogP contribution >= 0.6 is 12.6 Å². The first kappa shape index (κ1) is 21.2. The number of thiol groups is 1. The fourth-order valence-corrected chi connectivity index (χ4v) is 2.72. The van der Waals surface area contributed by atoms with Crippen LogP contribution in [0.25, 0.3) is 0 Å². The van der Waals surface area contributed by atoms with Crippen LogP contribution in [0.5, 0.6) is 0 Å². The highest BCUT2D eigenvalue weighted by molar-refractivity contribution is 7.80. The second-order valence-corrected chi connectivity index (χ2v) is 6.68. The Morgan fingerprint density at radius 3 is 2.48 bits per heavy atom. The predicted molar refractivity (Wildman–Crippen MR) is 94.0 cm³/mol. The molecule has 10 heteroatoms. The van der Waals surface area contributed by atoms with Gasteiger partial charge < -0.3 is 26.4 Å². The van der Waals surface area contributed by atoms with Gasteiger partial charge in [-0.15, -0.1) is 0 Å². The van der Waals surface area contributed by atoms with E-state index < -0.39 is 41.8 Å². The highest BCUT2D eigenvalue weighted by atomic mass is 32.1. The lowest BCUT2D eigenvalue weighted by Crippen LogP contribution is -2.53. The maximum atomic E-state index is 12.3. The number of rotatable bonds is 8. The Morgan fingerprint density at radius 1 is 1.32 bits per heavy atom. The van der Waals surface area contributed by atoms with Crippen molar-refractivity contribution < 1.29 is 24.3 Å². The molecule has 5 N–H and O–H groups in total. The van der Waals surface area contributed by atoms with E-state index in [9.17, 15) is 19.2 Å². The van der Waals surface area contributed by atoms with E-state index in [-0.39, 0.29) is 18.2 Å². The van der Waals surface area contributed by atoms with E-state index in [1.807, 2.05) is 0 Å². The number of likely N-dealkylation sites (tertiary alicyclic amines) is 1. The largest absolute Gasteiger partial charge is 0.480 e. The number of carboxylic acids is 1. The van der Waals surface area contributed by atoms with Crippen molar-refractivity contribution in [3.63, 3.8) is 0 Å². The highest BCUT2D eigenvalue weighted by Crippen LogP contribution is 2.17. The molecule has 3 amide bonds. The van der Waals surface area contributed by atoms with Crippen LogP contribution in [0.2, 0.25) is 0 Å². The summed E-state index contributed by atoms with van der Waals surface area (Å²) in [5.41, 5.74) is 5.71. The van der Waals surface area contributed by atoms with E-state index in [1.165, 1.54) is 4.90 Å². The first-order chi connectivity index (χ1) is 11.7. The average molecular weight is 374 g/mol. The lowest BCUT2D eigenvalue weighted by Gasteiger charge is -2.25. The predicted octanol–water partition coefficient (Wildman–Crippen LogP) is -1.42. The van der Waals surface area contributed by atoms with Gasteiger partial charge >= 0.3 is 5.97 Å². The van der Waals surface area contributed by atoms with Crippen LogP contribution in [0, 0.1) is 5.92 Å². The first-order valence-corrected chi connectivity index (χ1v) is 8.79. The molecule has 25 heavy (non-hydrogen) atoms. The molecule has 0 bridgehead atoms. The summed E-state index contributed by atoms with van der Waals surface area (Å²) in [6, 6.07) is -2.57. The molecule has 1 aliphatic heterocycles. The summed E-state index contributed by atoms with van der Waals surface area (Å²) >= 11 is 3.89. The minimum atomic E-state index is -1.19. The molecule has 0 aromatic heterocycles. The van der Waals surface area contributed by atoms with E-state index >= 15 is 0 Å². The normalized spacial score (nSPS) is 19.4. The van der Waals surface area contributed by atoms with E-state index in [4.69, 9.17) is 10.8 Å². The summed E-state index contributed by atoms with van der Waals surface area (Å²) in [7, 11) is 0. The number of nitrogens with one attached hydrogen (secondary N) is 2. The number of amides is 3. The molecular formula is C15H26N4O5S. The summed E-state index contributed by atoms with van der Waals surface area (Å²) in [4.78, 5) is 48.7. The highest BCUT2D eigenvalue weighted by Gasteiger charge is 2.35. The van der Waals surface area contributed by atoms with E-state index in [0.717, 1.165) is 0 Å². The fraction of sp³-hybridized carbons (Fsp3) is 0.733. The minimum absolute atomic E-state index is 0.0507. The molecule has 142 valence electrons. The van der Waals surface area contributed by atoms with Gasteiger partial charge in [0.25, 0.3) is 0 Å². The van der Waals surface area contributed by atoms with Crippen molar-refractivity contribution in [1.29, 1.82) is 0 Å². The summed E-state index contributed by atoms with van der Waals surface area (Å²) in [5.74, 6) is -2.66. The maximum absolute atomic E-state index is 12.3. The second-order valence-electron chi connectivity index (χ2n) is 6.31. The van der Waals surface area contributed by atoms with Crippen molar-refractivity contribution in [2.75, 3.05) is 18.8 Å². The smallest absolute Gasteiger partial charge is 0.327 e. The topological polar surface area (TPSA) is 142 Å². The molecule has 0 radical (unpaired) electrons. The van der Waals surface area contributed by atoms with Gasteiger partial charge in [0, 0.05) is 12.3 Å². The molecule has 1 saturated heterocycles. The number of carbonyl (C=O) groups excluding carboxylic acids is 3. The molecule has 0 aromatic carbocycles. The van der Waals surface area contributed by atoms with E-state index in [1.54, 1.807) is 13.8 Å². The van der Waals surface area contributed by atoms with E-state index in [2.05, 4.69) is 23.3 Å². The van der Waals surface area contributed by atoms with Crippen molar-refractivity contribution in [1.82, 2.24) is 15.5 Å². The molecule has 3 atom stereocenters. The standard InChI is InChI=1S/C15H26N4O5S/c1-8(2)12(16)14(22)17-6-11(20)19-5-3-4-10(19)13(21)18-9(7-25)15(23)24/h8-10,12,25H,3-7,16H2,1-2H3,(H,17,22)(H,18,21)(H,23,24). The zero-order chi connectivity index (χ0) is 19.1. The van der Waals surface area contributed by atoms with Crippen LogP contribution in [0.15, 0.2) is 0 Å². The Balaban J connectivity index is 2.61. The van der Waals surface area contributed by atoms with Gasteiger partial charge in [0.1, 0.15) is 12.1 Å². The zero-order valence-corrected chi connectivity index (χ0v) is 15.3. The zero-order valence-electron chi connectivity index (χ0n) is 14.4. The lowest BCUT2D eigenvalue weighted by atomic mass is 10.1. The summed E-state index contributed by atoms with van der Waals surface area (Å²) in [6.07, 6.45) is 1.07. The number of nitrogens with two attached hydrogens (primary N) is 1. The third-order valence-electron chi connectivity index (χ3n) is 4.11. The number of hydrogen-bond donors (Lipinski definition) is 5. The van der Waals surface area contributed by atoms with Crippen LogP contribution in [-0.4, -0.2) is 70.7 Å². The molecule has 0 spiro atoms. The van der Waals surface area contributed by atoms with Gasteiger partial charge in [-0.25, -0.2) is 4.79 Å². The lowest BCUT2D eigenvalue weighted by molar-refractivity contribution is -0.143. The Hall–Kier alpha value is -1.81. The van der Waals surface area contributed by atoms with Crippen molar-refractivity contribution >= 4 is 36.3 Å². The van der Waals surface area contributed by atoms with Gasteiger partial charge in [-0.05, 0) is 18.8 Å². The number of carboxylic acid groups (broad SMARTS) is 1. The molecule has 1 fully saturated rings. The Labute approximate surface area is 152 Å². The monoisotopic (exact) mass is 374 g/mol. The van der Waals surface area contributed by atoms with Gasteiger partial charge in [0.2, 0.25) is 17.7 Å². The average Bonchev–Trinajstić information content (AvgIpc) is 3.05. The SMILES string of the molecule is CC(C)C(N)C(=O)NCC(=O)N1CCCC1C(=O)NC(CS)C(=O)O. The molecule has 0 aliphatic carbocycles. The van der Waals surface area contributed by atoms with Crippen molar-refractivity contribution in [2.24, 2.45) is 11.7 Å². The Bertz CT molecular complexity index is 528. The number of aliphatic carboxylic acids is 1. The first-order valence-electron chi connectivity index (χ1n) is 8.15. The van der Waals surface area contributed by atoms with Crippen LogP contribution < -0.4 is 16.4 Å². The van der Waals surface area contributed by atoms with E-state index in [0.29, 0.717) is 19.4 Å². The third-order valence-corrected chi connectivity index (χ3v) is 4.47. The second kappa shape index (κ2) is 9.62. The van der Waals surface area contributed by atoms with Gasteiger partial charge in [-0.3, -0.25) is 14.4 Å². The number of nitrogens with zero attached hydrogens (tertiary/aromatic N) is 1. The third kappa shape index (κ3) is 5.89. The number of carbonyl (C=O) groups is 4. The minimum Gasteiger partial charge on any atom is -0.480 e. The summed E-state index contributed by atoms with van der Waals surface area (Å²) in [5, 5.41) is 13.8. The molecule has 1 aliphatic rings. The molecule has 0 aromatic rings. The molecule has 9 nitrogen and oxygen atoms in total. The van der Waals surface area contributed by atoms with Gasteiger partial charge in [0.05, 0.1) is 12.6 Å². The van der Waals surface area contributed by atoms with Crippen molar-refractivity contribution in [3.8, 4) is 0 Å². The van der Waals surface area contributed by atoms with Crippen molar-refractivity contribution in [2.45, 2.75) is 44.8 Å². The quantitative estimate of drug-likeness (QED) is 0.330. The summed E-state index contributed by atoms with van der Waals surface area (Å²) in [6.45, 7) is 3.72. The summed E-state index contributed by atoms with van der Waals surface area (Å²) < 4.78 is 0. The molecule has 1 heterocycles. The van der Waals surface area contributed by atoms with Gasteiger partial charge in [0.15, 0.2) is 0 Å². The van der Waals surface area contributed by atoms with Crippen molar-refractivity contribution in [3.05, 3.63) is 0 Å². The molecule has 3 unspecified atom stereocenters.